The SMILES string of the molecule is CCNc1cc(COCc2ccc(OC)cc2)ccn1. The minimum Gasteiger partial charge on any atom is -0.497 e. The smallest absolute Gasteiger partial charge is 0.126 e. The van der Waals surface area contributed by atoms with E-state index in [9.17, 15) is 0 Å². The fourth-order valence-electron chi connectivity index (χ4n) is 1.85. The van der Waals surface area contributed by atoms with Gasteiger partial charge in [0.05, 0.1) is 20.3 Å². The van der Waals surface area contributed by atoms with Crippen LogP contribution in [0.25, 0.3) is 0 Å². The Morgan fingerprint density at radius 1 is 1.05 bits per heavy atom. The van der Waals surface area contributed by atoms with Crippen LogP contribution in [0, 0.1) is 0 Å². The first-order chi connectivity index (χ1) is 9.81. The molecule has 0 atom stereocenters. The summed E-state index contributed by atoms with van der Waals surface area (Å²) < 4.78 is 10.8. The molecule has 1 N–H and O–H groups in total. The fourth-order valence-corrected chi connectivity index (χ4v) is 1.85. The molecule has 0 saturated heterocycles. The molecule has 0 radical (unpaired) electrons. The Morgan fingerprint density at radius 3 is 2.50 bits per heavy atom. The molecule has 1 heterocycles. The Morgan fingerprint density at radius 2 is 1.80 bits per heavy atom. The third-order valence-electron chi connectivity index (χ3n) is 2.88. The summed E-state index contributed by atoms with van der Waals surface area (Å²) in [7, 11) is 1.66. The van der Waals surface area contributed by atoms with Gasteiger partial charge in [-0.05, 0) is 42.3 Å². The van der Waals surface area contributed by atoms with Crippen LogP contribution in [0.15, 0.2) is 42.6 Å². The van der Waals surface area contributed by atoms with Gasteiger partial charge in [0, 0.05) is 12.7 Å². The van der Waals surface area contributed by atoms with Crippen molar-refractivity contribution in [2.45, 2.75) is 20.1 Å². The van der Waals surface area contributed by atoms with E-state index in [1.54, 1.807) is 13.3 Å². The maximum absolute atomic E-state index is 5.72. The zero-order chi connectivity index (χ0) is 14.2. The molecule has 0 bridgehead atoms. The topological polar surface area (TPSA) is 43.4 Å². The summed E-state index contributed by atoms with van der Waals surface area (Å²) in [4.78, 5) is 4.23. The largest absolute Gasteiger partial charge is 0.497 e. The molecule has 0 saturated carbocycles. The van der Waals surface area contributed by atoms with Crippen LogP contribution >= 0.6 is 0 Å². The molecule has 4 heteroatoms. The Labute approximate surface area is 119 Å². The second-order valence-corrected chi connectivity index (χ2v) is 4.42. The number of ether oxygens (including phenoxy) is 2. The van der Waals surface area contributed by atoms with Crippen LogP contribution in [-0.2, 0) is 18.0 Å². The molecule has 106 valence electrons. The number of anilines is 1. The maximum atomic E-state index is 5.72. The molecule has 0 unspecified atom stereocenters. The van der Waals surface area contributed by atoms with Gasteiger partial charge in [-0.3, -0.25) is 0 Å². The third-order valence-corrected chi connectivity index (χ3v) is 2.88. The predicted octanol–water partition coefficient (Wildman–Crippen LogP) is 3.24. The van der Waals surface area contributed by atoms with Crippen molar-refractivity contribution < 1.29 is 9.47 Å². The number of hydrogen-bond donors (Lipinski definition) is 1. The average Bonchev–Trinajstić information content (AvgIpc) is 2.49. The van der Waals surface area contributed by atoms with Crippen LogP contribution in [0.2, 0.25) is 0 Å². The highest BCUT2D eigenvalue weighted by molar-refractivity contribution is 5.37. The van der Waals surface area contributed by atoms with Crippen molar-refractivity contribution in [2.24, 2.45) is 0 Å². The van der Waals surface area contributed by atoms with Crippen LogP contribution in [0.5, 0.6) is 5.75 Å². The van der Waals surface area contributed by atoms with Crippen LogP contribution in [0.3, 0.4) is 0 Å². The average molecular weight is 272 g/mol. The van der Waals surface area contributed by atoms with Crippen LogP contribution in [-0.4, -0.2) is 18.6 Å². The van der Waals surface area contributed by atoms with Gasteiger partial charge in [-0.15, -0.1) is 0 Å². The van der Waals surface area contributed by atoms with E-state index < -0.39 is 0 Å². The number of rotatable bonds is 7. The van der Waals surface area contributed by atoms with Gasteiger partial charge in [0.25, 0.3) is 0 Å². The normalized spacial score (nSPS) is 10.3. The van der Waals surface area contributed by atoms with E-state index >= 15 is 0 Å². The van der Waals surface area contributed by atoms with Gasteiger partial charge in [0.1, 0.15) is 11.6 Å². The second kappa shape index (κ2) is 7.50. The number of hydrogen-bond acceptors (Lipinski definition) is 4. The van der Waals surface area contributed by atoms with Gasteiger partial charge >= 0.3 is 0 Å². The van der Waals surface area contributed by atoms with Gasteiger partial charge in [-0.25, -0.2) is 4.98 Å². The standard InChI is InChI=1S/C16H20N2O2/c1-3-17-16-10-14(8-9-18-16)12-20-11-13-4-6-15(19-2)7-5-13/h4-10H,3,11-12H2,1-2H3,(H,17,18). The second-order valence-electron chi connectivity index (χ2n) is 4.42. The van der Waals surface area contributed by atoms with Gasteiger partial charge in [0.2, 0.25) is 0 Å². The van der Waals surface area contributed by atoms with Crippen LogP contribution in [0.4, 0.5) is 5.82 Å². The minimum atomic E-state index is 0.576. The molecular weight excluding hydrogens is 252 g/mol. The lowest BCUT2D eigenvalue weighted by molar-refractivity contribution is 0.107. The number of nitrogens with zero attached hydrogens (tertiary/aromatic N) is 1. The van der Waals surface area contributed by atoms with Gasteiger partial charge in [-0.1, -0.05) is 12.1 Å². The summed E-state index contributed by atoms with van der Waals surface area (Å²) in [6.45, 7) is 4.08. The molecule has 0 fully saturated rings. The summed E-state index contributed by atoms with van der Waals surface area (Å²) >= 11 is 0. The molecule has 1 aromatic carbocycles. The van der Waals surface area contributed by atoms with Crippen molar-refractivity contribution in [3.63, 3.8) is 0 Å². The highest BCUT2D eigenvalue weighted by Gasteiger charge is 1.98. The first-order valence-corrected chi connectivity index (χ1v) is 6.71. The molecule has 0 aliphatic heterocycles. The first-order valence-electron chi connectivity index (χ1n) is 6.71. The van der Waals surface area contributed by atoms with Crippen molar-refractivity contribution in [3.8, 4) is 5.75 Å². The summed E-state index contributed by atoms with van der Waals surface area (Å²) in [5.41, 5.74) is 2.25. The quantitative estimate of drug-likeness (QED) is 0.840. The highest BCUT2D eigenvalue weighted by Crippen LogP contribution is 2.13. The van der Waals surface area contributed by atoms with Crippen LogP contribution < -0.4 is 10.1 Å². The van der Waals surface area contributed by atoms with E-state index in [1.165, 1.54) is 0 Å². The number of benzene rings is 1. The van der Waals surface area contributed by atoms with Crippen LogP contribution in [0.1, 0.15) is 18.1 Å². The van der Waals surface area contributed by atoms with E-state index in [0.29, 0.717) is 13.2 Å². The van der Waals surface area contributed by atoms with E-state index in [2.05, 4.69) is 17.2 Å². The molecular formula is C16H20N2O2. The maximum Gasteiger partial charge on any atom is 0.126 e. The zero-order valence-electron chi connectivity index (χ0n) is 11.9. The lowest BCUT2D eigenvalue weighted by Gasteiger charge is -2.07. The monoisotopic (exact) mass is 272 g/mol. The van der Waals surface area contributed by atoms with E-state index in [4.69, 9.17) is 9.47 Å². The van der Waals surface area contributed by atoms with Gasteiger partial charge < -0.3 is 14.8 Å². The molecule has 0 aliphatic carbocycles. The molecule has 0 aliphatic rings. The van der Waals surface area contributed by atoms with Gasteiger partial charge in [-0.2, -0.15) is 0 Å². The molecule has 2 rings (SSSR count). The Kier molecular flexibility index (Phi) is 5.38. The number of methoxy groups -OCH3 is 1. The third kappa shape index (κ3) is 4.24. The van der Waals surface area contributed by atoms with Crippen molar-refractivity contribution in [1.29, 1.82) is 0 Å². The minimum absolute atomic E-state index is 0.576. The van der Waals surface area contributed by atoms with Crippen molar-refractivity contribution in [3.05, 3.63) is 53.7 Å². The molecule has 20 heavy (non-hydrogen) atoms. The van der Waals surface area contributed by atoms with Crippen molar-refractivity contribution in [1.82, 2.24) is 4.98 Å². The Bertz CT molecular complexity index is 526. The number of aromatic nitrogens is 1. The first kappa shape index (κ1) is 14.3. The molecule has 0 amide bonds. The van der Waals surface area contributed by atoms with E-state index in [-0.39, 0.29) is 0 Å². The summed E-state index contributed by atoms with van der Waals surface area (Å²) in [5.74, 6) is 1.75. The van der Waals surface area contributed by atoms with Crippen molar-refractivity contribution in [2.75, 3.05) is 19.0 Å². The summed E-state index contributed by atoms with van der Waals surface area (Å²) in [6, 6.07) is 11.9. The summed E-state index contributed by atoms with van der Waals surface area (Å²) in [6.07, 6.45) is 1.80. The molecule has 1 aromatic heterocycles. The number of nitrogens with one attached hydrogen (secondary N) is 1. The molecule has 4 nitrogen and oxygen atoms in total. The van der Waals surface area contributed by atoms with Gasteiger partial charge in [0.15, 0.2) is 0 Å². The Balaban J connectivity index is 1.84. The lowest BCUT2D eigenvalue weighted by Crippen LogP contribution is -2.00. The molecule has 0 spiro atoms. The van der Waals surface area contributed by atoms with E-state index in [1.807, 2.05) is 36.4 Å². The predicted molar refractivity (Wildman–Crippen MR) is 79.9 cm³/mol. The lowest BCUT2D eigenvalue weighted by atomic mass is 10.2. The zero-order valence-corrected chi connectivity index (χ0v) is 11.9. The molecule has 2 aromatic rings. The summed E-state index contributed by atoms with van der Waals surface area (Å²) in [5, 5.41) is 3.19. The van der Waals surface area contributed by atoms with Crippen molar-refractivity contribution >= 4 is 5.82 Å². The van der Waals surface area contributed by atoms with E-state index in [0.717, 1.165) is 29.2 Å². The number of pyridine rings is 1. The highest BCUT2D eigenvalue weighted by atomic mass is 16.5. The Hall–Kier alpha value is -2.07. The fraction of sp³-hybridized carbons (Fsp3) is 0.312.